The van der Waals surface area contributed by atoms with Gasteiger partial charge in [-0.2, -0.15) is 0 Å². The average Bonchev–Trinajstić information content (AvgIpc) is 2.01. The molecule has 0 unspecified atom stereocenters. The van der Waals surface area contributed by atoms with Crippen LogP contribution in [0.3, 0.4) is 0 Å². The zero-order valence-electron chi connectivity index (χ0n) is 8.76. The maximum absolute atomic E-state index is 4.18. The largest absolute Gasteiger partial charge is 0.349 e. The Morgan fingerprint density at radius 1 is 1.33 bits per heavy atom. The second-order valence-electron chi connectivity index (χ2n) is 2.94. The number of nitrogens with one attached hydrogen (secondary N) is 1. The molecule has 0 aliphatic heterocycles. The lowest BCUT2D eigenvalue weighted by Gasteiger charge is -2.25. The monoisotopic (exact) mass is 172 g/mol. The normalized spacial score (nSPS) is 11.6. The van der Waals surface area contributed by atoms with Crippen LogP contribution in [0.2, 0.25) is 0 Å². The number of hydrogen-bond acceptors (Lipinski definition) is 2. The molecule has 72 valence electrons. The molecule has 0 heterocycles. The lowest BCUT2D eigenvalue weighted by atomic mass is 10.5. The first kappa shape index (κ1) is 11.2. The minimum absolute atomic E-state index is 0.974. The Hall–Kier alpha value is -0.770. The van der Waals surface area contributed by atoms with E-state index in [2.05, 4.69) is 15.2 Å². The maximum atomic E-state index is 4.18. The van der Waals surface area contributed by atoms with Gasteiger partial charge in [-0.25, -0.2) is 0 Å². The minimum Gasteiger partial charge on any atom is -0.349 e. The molecule has 0 aliphatic rings. The lowest BCUT2D eigenvalue weighted by molar-refractivity contribution is 0.421. The van der Waals surface area contributed by atoms with Crippen LogP contribution >= 0.6 is 0 Å². The molecule has 0 aromatic heterocycles. The van der Waals surface area contributed by atoms with Crippen molar-refractivity contribution in [2.45, 2.75) is 0 Å². The van der Waals surface area contributed by atoms with Crippen LogP contribution in [-0.2, 0) is 0 Å². The molecule has 1 N–H and O–H groups in total. The summed E-state index contributed by atoms with van der Waals surface area (Å²) in [7, 11) is 9.80. The van der Waals surface area contributed by atoms with Crippen LogP contribution in [0.15, 0.2) is 4.99 Å². The standard InChI is InChI=1S/C8H20N4/c1-9-6-7-12(5)8(10-2)11(3)4/h9H,6-7H2,1-5H3. The number of likely N-dealkylation sites (N-methyl/N-ethyl adjacent to an activating group) is 2. The van der Waals surface area contributed by atoms with Gasteiger partial charge in [0.1, 0.15) is 0 Å². The highest BCUT2D eigenvalue weighted by Gasteiger charge is 2.05. The molecule has 0 rings (SSSR count). The quantitative estimate of drug-likeness (QED) is 0.468. The Bertz CT molecular complexity index is 142. The van der Waals surface area contributed by atoms with Crippen molar-refractivity contribution in [2.24, 2.45) is 4.99 Å². The number of nitrogens with zero attached hydrogens (tertiary/aromatic N) is 3. The van der Waals surface area contributed by atoms with Crippen molar-refractivity contribution < 1.29 is 0 Å². The molecule has 0 saturated heterocycles. The van der Waals surface area contributed by atoms with Crippen molar-refractivity contribution >= 4 is 5.96 Å². The molecule has 0 fully saturated rings. The third kappa shape index (κ3) is 3.57. The number of hydrogen-bond donors (Lipinski definition) is 1. The Balaban J connectivity index is 3.96. The number of guanidine groups is 1. The van der Waals surface area contributed by atoms with E-state index in [9.17, 15) is 0 Å². The Morgan fingerprint density at radius 3 is 2.25 bits per heavy atom. The van der Waals surface area contributed by atoms with E-state index >= 15 is 0 Å². The summed E-state index contributed by atoms with van der Waals surface area (Å²) in [5.74, 6) is 1.00. The molecule has 0 saturated carbocycles. The number of rotatable bonds is 3. The van der Waals surface area contributed by atoms with Crippen LogP contribution < -0.4 is 5.32 Å². The van der Waals surface area contributed by atoms with Crippen molar-refractivity contribution in [3.05, 3.63) is 0 Å². The molecule has 0 atom stereocenters. The van der Waals surface area contributed by atoms with E-state index in [0.29, 0.717) is 0 Å². The van der Waals surface area contributed by atoms with Gasteiger partial charge in [0.2, 0.25) is 0 Å². The molecule has 4 nitrogen and oxygen atoms in total. The first-order valence-electron chi connectivity index (χ1n) is 4.13. The smallest absolute Gasteiger partial charge is 0.195 e. The van der Waals surface area contributed by atoms with Crippen LogP contribution in [0.5, 0.6) is 0 Å². The Kier molecular flexibility index (Phi) is 5.45. The highest BCUT2D eigenvalue weighted by atomic mass is 15.3. The molecule has 4 heteroatoms. The summed E-state index contributed by atoms with van der Waals surface area (Å²) < 4.78 is 0. The van der Waals surface area contributed by atoms with Crippen LogP contribution in [0.1, 0.15) is 0 Å². The molecule has 0 aromatic rings. The van der Waals surface area contributed by atoms with Gasteiger partial charge < -0.3 is 15.1 Å². The second-order valence-corrected chi connectivity index (χ2v) is 2.94. The molecule has 0 radical (unpaired) electrons. The molecule has 12 heavy (non-hydrogen) atoms. The molecule has 0 aromatic carbocycles. The van der Waals surface area contributed by atoms with Gasteiger partial charge >= 0.3 is 0 Å². The van der Waals surface area contributed by atoms with E-state index in [1.54, 1.807) is 0 Å². The fourth-order valence-corrected chi connectivity index (χ4v) is 1.09. The molecule has 0 bridgehead atoms. The molecular formula is C8H20N4. The maximum Gasteiger partial charge on any atom is 0.195 e. The SMILES string of the molecule is CN=C(N(C)C)N(C)CCNC. The highest BCUT2D eigenvalue weighted by Crippen LogP contribution is 1.89. The third-order valence-electron chi connectivity index (χ3n) is 1.64. The van der Waals surface area contributed by atoms with Crippen molar-refractivity contribution in [2.75, 3.05) is 48.3 Å². The summed E-state index contributed by atoms with van der Waals surface area (Å²) in [4.78, 5) is 8.31. The van der Waals surface area contributed by atoms with Gasteiger partial charge in [-0.3, -0.25) is 4.99 Å². The van der Waals surface area contributed by atoms with Gasteiger partial charge in [-0.15, -0.1) is 0 Å². The van der Waals surface area contributed by atoms with Gasteiger partial charge in [0.05, 0.1) is 0 Å². The van der Waals surface area contributed by atoms with Crippen molar-refractivity contribution in [1.29, 1.82) is 0 Å². The average molecular weight is 172 g/mol. The van der Waals surface area contributed by atoms with Gasteiger partial charge in [0.25, 0.3) is 0 Å². The van der Waals surface area contributed by atoms with Crippen LogP contribution in [-0.4, -0.2) is 64.1 Å². The first-order valence-corrected chi connectivity index (χ1v) is 4.13. The minimum atomic E-state index is 0.974. The summed E-state index contributed by atoms with van der Waals surface area (Å²) in [5.41, 5.74) is 0. The molecule has 0 aliphatic carbocycles. The van der Waals surface area contributed by atoms with E-state index in [1.807, 2.05) is 40.1 Å². The predicted octanol–water partition coefficient (Wildman–Crippen LogP) is -0.315. The lowest BCUT2D eigenvalue weighted by Crippen LogP contribution is -2.40. The van der Waals surface area contributed by atoms with Gasteiger partial charge in [-0.05, 0) is 7.05 Å². The van der Waals surface area contributed by atoms with Crippen LogP contribution in [0.4, 0.5) is 0 Å². The van der Waals surface area contributed by atoms with E-state index in [0.717, 1.165) is 19.0 Å². The summed E-state index contributed by atoms with van der Waals surface area (Å²) in [6, 6.07) is 0. The van der Waals surface area contributed by atoms with Gasteiger partial charge in [0, 0.05) is 41.3 Å². The number of aliphatic imine (C=N–C) groups is 1. The van der Waals surface area contributed by atoms with Crippen molar-refractivity contribution in [3.63, 3.8) is 0 Å². The zero-order valence-corrected chi connectivity index (χ0v) is 8.76. The predicted molar refractivity (Wildman–Crippen MR) is 53.6 cm³/mol. The highest BCUT2D eigenvalue weighted by molar-refractivity contribution is 5.79. The fraction of sp³-hybridized carbons (Fsp3) is 0.875. The van der Waals surface area contributed by atoms with E-state index in [-0.39, 0.29) is 0 Å². The van der Waals surface area contributed by atoms with Crippen molar-refractivity contribution in [1.82, 2.24) is 15.1 Å². The summed E-state index contributed by atoms with van der Waals surface area (Å²) in [5, 5.41) is 3.10. The van der Waals surface area contributed by atoms with Gasteiger partial charge in [0.15, 0.2) is 5.96 Å². The zero-order chi connectivity index (χ0) is 9.56. The Labute approximate surface area is 75.3 Å². The summed E-state index contributed by atoms with van der Waals surface area (Å²) in [6.07, 6.45) is 0. The molecular weight excluding hydrogens is 152 g/mol. The van der Waals surface area contributed by atoms with Crippen LogP contribution in [0.25, 0.3) is 0 Å². The van der Waals surface area contributed by atoms with E-state index in [4.69, 9.17) is 0 Å². The molecule has 0 spiro atoms. The Morgan fingerprint density at radius 2 is 1.92 bits per heavy atom. The van der Waals surface area contributed by atoms with Gasteiger partial charge in [-0.1, -0.05) is 0 Å². The van der Waals surface area contributed by atoms with E-state index in [1.165, 1.54) is 0 Å². The molecule has 0 amide bonds. The first-order chi connectivity index (χ1) is 5.63. The summed E-state index contributed by atoms with van der Waals surface area (Å²) in [6.45, 7) is 1.95. The third-order valence-corrected chi connectivity index (χ3v) is 1.64. The van der Waals surface area contributed by atoms with Crippen LogP contribution in [0, 0.1) is 0 Å². The van der Waals surface area contributed by atoms with Crippen molar-refractivity contribution in [3.8, 4) is 0 Å². The topological polar surface area (TPSA) is 30.9 Å². The second kappa shape index (κ2) is 5.83. The fourth-order valence-electron chi connectivity index (χ4n) is 1.09. The summed E-state index contributed by atoms with van der Waals surface area (Å²) >= 11 is 0. The van der Waals surface area contributed by atoms with E-state index < -0.39 is 0 Å².